The summed E-state index contributed by atoms with van der Waals surface area (Å²) >= 11 is 1.92. The van der Waals surface area contributed by atoms with E-state index in [1.54, 1.807) is 10.4 Å². The fourth-order valence-corrected chi connectivity index (χ4v) is 5.69. The van der Waals surface area contributed by atoms with Crippen LogP contribution in [0.1, 0.15) is 34.4 Å². The zero-order chi connectivity index (χ0) is 18.4. The zero-order valence-electron chi connectivity index (χ0n) is 16.3. The Labute approximate surface area is 176 Å². The highest BCUT2D eigenvalue weighted by Crippen LogP contribution is 2.44. The smallest absolute Gasteiger partial charge is 0.125 e. The van der Waals surface area contributed by atoms with Gasteiger partial charge in [-0.1, -0.05) is 60.2 Å². The van der Waals surface area contributed by atoms with Gasteiger partial charge in [-0.25, -0.2) is 4.98 Å². The van der Waals surface area contributed by atoms with Crippen molar-refractivity contribution in [1.29, 1.82) is 0 Å². The van der Waals surface area contributed by atoms with Gasteiger partial charge in [-0.05, 0) is 61.8 Å². The Balaban J connectivity index is 0.00000192. The first-order chi connectivity index (χ1) is 13.2. The van der Waals surface area contributed by atoms with E-state index in [1.165, 1.54) is 63.7 Å². The van der Waals surface area contributed by atoms with Crippen LogP contribution in [-0.2, 0) is 12.8 Å². The average Bonchev–Trinajstić information content (AvgIpc) is 3.06. The minimum atomic E-state index is 0. The maximum absolute atomic E-state index is 5.18. The summed E-state index contributed by atoms with van der Waals surface area (Å²) in [6.07, 6.45) is 5.01. The van der Waals surface area contributed by atoms with Gasteiger partial charge in [0.05, 0.1) is 5.69 Å². The Morgan fingerprint density at radius 2 is 1.61 bits per heavy atom. The molecule has 1 aliphatic carbocycles. The number of nitrogens with zero attached hydrogens (tertiary/aromatic N) is 1. The van der Waals surface area contributed by atoms with Crippen molar-refractivity contribution in [2.24, 2.45) is 0 Å². The third-order valence-corrected chi connectivity index (χ3v) is 6.89. The molecule has 0 radical (unpaired) electrons. The van der Waals surface area contributed by atoms with Crippen molar-refractivity contribution >= 4 is 34.0 Å². The number of hydrogen-bond donors (Lipinski definition) is 0. The first-order valence-corrected chi connectivity index (χ1v) is 10.6. The van der Waals surface area contributed by atoms with Gasteiger partial charge in [0.2, 0.25) is 0 Å². The molecule has 1 nitrogen and oxygen atoms in total. The van der Waals surface area contributed by atoms with Crippen LogP contribution in [0.25, 0.3) is 32.6 Å². The lowest BCUT2D eigenvalue weighted by atomic mass is 9.89. The number of fused-ring (bicyclic) bond motifs is 3. The number of thiophene rings is 1. The van der Waals surface area contributed by atoms with Crippen LogP contribution in [0.5, 0.6) is 0 Å². The molecular weight excluding hydrogens is 382 g/mol. The lowest BCUT2D eigenvalue weighted by molar-refractivity contribution is 0.700. The number of aryl methyl sites for hydroxylation is 3. The second kappa shape index (κ2) is 7.69. The van der Waals surface area contributed by atoms with Crippen LogP contribution in [0.3, 0.4) is 0 Å². The van der Waals surface area contributed by atoms with Crippen LogP contribution in [0.4, 0.5) is 0 Å². The Morgan fingerprint density at radius 3 is 2.39 bits per heavy atom. The van der Waals surface area contributed by atoms with E-state index < -0.39 is 0 Å². The van der Waals surface area contributed by atoms with Crippen molar-refractivity contribution in [1.82, 2.24) is 4.98 Å². The van der Waals surface area contributed by atoms with Crippen LogP contribution in [0, 0.1) is 13.8 Å². The van der Waals surface area contributed by atoms with Crippen molar-refractivity contribution in [3.63, 3.8) is 0 Å². The summed E-state index contributed by atoms with van der Waals surface area (Å²) in [6.45, 7) is 4.43. The minimum absolute atomic E-state index is 0. The summed E-state index contributed by atoms with van der Waals surface area (Å²) in [5.74, 6) is 0. The molecule has 1 aliphatic rings. The van der Waals surface area contributed by atoms with E-state index in [1.807, 2.05) is 11.3 Å². The molecule has 142 valence electrons. The van der Waals surface area contributed by atoms with Crippen LogP contribution in [-0.4, -0.2) is 4.98 Å². The van der Waals surface area contributed by atoms with Crippen molar-refractivity contribution in [2.45, 2.75) is 39.5 Å². The van der Waals surface area contributed by atoms with Gasteiger partial charge in [0.25, 0.3) is 0 Å². The highest BCUT2D eigenvalue weighted by molar-refractivity contribution is 7.19. The molecule has 0 bridgehead atoms. The van der Waals surface area contributed by atoms with Gasteiger partial charge in [0.15, 0.2) is 0 Å². The number of aromatic nitrogens is 1. The van der Waals surface area contributed by atoms with E-state index in [9.17, 15) is 0 Å². The van der Waals surface area contributed by atoms with Crippen molar-refractivity contribution in [3.05, 3.63) is 76.2 Å². The van der Waals surface area contributed by atoms with E-state index in [0.29, 0.717) is 0 Å². The summed E-state index contributed by atoms with van der Waals surface area (Å²) in [6, 6.07) is 19.6. The highest BCUT2D eigenvalue weighted by Gasteiger charge is 2.23. The second-order valence-electron chi connectivity index (χ2n) is 7.59. The number of benzene rings is 2. The van der Waals surface area contributed by atoms with Crippen LogP contribution in [0.2, 0.25) is 0 Å². The minimum Gasteiger partial charge on any atom is -0.237 e. The third kappa shape index (κ3) is 3.15. The predicted molar refractivity (Wildman–Crippen MR) is 124 cm³/mol. The van der Waals surface area contributed by atoms with Crippen LogP contribution < -0.4 is 0 Å². The number of hydrogen-bond acceptors (Lipinski definition) is 2. The Bertz CT molecular complexity index is 1140. The van der Waals surface area contributed by atoms with Gasteiger partial charge in [-0.15, -0.1) is 23.7 Å². The topological polar surface area (TPSA) is 12.9 Å². The van der Waals surface area contributed by atoms with Gasteiger partial charge in [0.1, 0.15) is 4.83 Å². The standard InChI is InChI=1S/C25H23NS.ClH/c1-16-9-8-12-19(15-16)22-17(2)24(18-10-4-3-5-11-18)26-25-23(22)20-13-6-7-14-21(20)27-25;/h3-5,8-12,15H,6-7,13-14H2,1-2H3;1H. The third-order valence-electron chi connectivity index (χ3n) is 5.70. The summed E-state index contributed by atoms with van der Waals surface area (Å²) in [4.78, 5) is 7.95. The van der Waals surface area contributed by atoms with E-state index in [4.69, 9.17) is 4.98 Å². The average molecular weight is 406 g/mol. The predicted octanol–water partition coefficient (Wildman–Crippen LogP) is 7.55. The molecule has 0 spiro atoms. The quantitative estimate of drug-likeness (QED) is 0.335. The van der Waals surface area contributed by atoms with E-state index in [-0.39, 0.29) is 12.4 Å². The molecule has 0 atom stereocenters. The van der Waals surface area contributed by atoms with Crippen LogP contribution in [0.15, 0.2) is 54.6 Å². The number of rotatable bonds is 2. The van der Waals surface area contributed by atoms with Gasteiger partial charge in [-0.2, -0.15) is 0 Å². The lowest BCUT2D eigenvalue weighted by Gasteiger charge is -2.16. The largest absolute Gasteiger partial charge is 0.237 e. The van der Waals surface area contributed by atoms with Crippen LogP contribution >= 0.6 is 23.7 Å². The van der Waals surface area contributed by atoms with Gasteiger partial charge in [0, 0.05) is 15.8 Å². The molecular formula is C25H24ClNS. The monoisotopic (exact) mass is 405 g/mol. The SMILES string of the molecule is Cc1cccc(-c2c(C)c(-c3ccccc3)nc3sc4c(c23)CCCC4)c1.Cl. The van der Waals surface area contributed by atoms with E-state index >= 15 is 0 Å². The molecule has 0 fully saturated rings. The molecule has 0 saturated carbocycles. The lowest BCUT2D eigenvalue weighted by Crippen LogP contribution is -2.00. The van der Waals surface area contributed by atoms with Crippen molar-refractivity contribution < 1.29 is 0 Å². The first-order valence-electron chi connectivity index (χ1n) is 9.79. The highest BCUT2D eigenvalue weighted by atomic mass is 35.5. The fraction of sp³-hybridized carbons (Fsp3) is 0.240. The maximum atomic E-state index is 5.18. The molecule has 0 saturated heterocycles. The van der Waals surface area contributed by atoms with Gasteiger partial charge < -0.3 is 0 Å². The molecule has 0 unspecified atom stereocenters. The van der Waals surface area contributed by atoms with Gasteiger partial charge in [-0.3, -0.25) is 0 Å². The first kappa shape index (κ1) is 19.2. The van der Waals surface area contributed by atoms with Gasteiger partial charge >= 0.3 is 0 Å². The Kier molecular flexibility index (Phi) is 5.27. The zero-order valence-corrected chi connectivity index (χ0v) is 17.9. The second-order valence-corrected chi connectivity index (χ2v) is 8.67. The molecule has 4 aromatic rings. The summed E-state index contributed by atoms with van der Waals surface area (Å²) in [5, 5.41) is 1.41. The Morgan fingerprint density at radius 1 is 0.857 bits per heavy atom. The molecule has 5 rings (SSSR count). The normalized spacial score (nSPS) is 13.2. The van der Waals surface area contributed by atoms with E-state index in [2.05, 4.69) is 68.4 Å². The summed E-state index contributed by atoms with van der Waals surface area (Å²) < 4.78 is 0. The molecule has 0 N–H and O–H groups in total. The molecule has 2 aromatic carbocycles. The molecule has 0 amide bonds. The molecule has 0 aliphatic heterocycles. The number of pyridine rings is 1. The molecule has 28 heavy (non-hydrogen) atoms. The molecule has 2 aromatic heterocycles. The van der Waals surface area contributed by atoms with Crippen molar-refractivity contribution in [2.75, 3.05) is 0 Å². The maximum Gasteiger partial charge on any atom is 0.125 e. The summed E-state index contributed by atoms with van der Waals surface area (Å²) in [5.41, 5.74) is 9.21. The molecule has 3 heteroatoms. The number of halogens is 1. The fourth-order valence-electron chi connectivity index (χ4n) is 4.42. The molecule has 2 heterocycles. The van der Waals surface area contributed by atoms with Crippen molar-refractivity contribution in [3.8, 4) is 22.4 Å². The Hall–Kier alpha value is -2.16. The van der Waals surface area contributed by atoms with E-state index in [0.717, 1.165) is 5.69 Å². The summed E-state index contributed by atoms with van der Waals surface area (Å²) in [7, 11) is 0.